The molecule has 0 amide bonds. The molecule has 6 rings (SSSR count). The average Bonchev–Trinajstić information content (AvgIpc) is 3.51. The largest absolute Gasteiger partial charge is 0.359 e. The Kier molecular flexibility index (Phi) is 4.49. The normalized spacial score (nSPS) is 13.8. The number of benzene rings is 1. The maximum atomic E-state index is 13.3. The predicted molar refractivity (Wildman–Crippen MR) is 124 cm³/mol. The lowest BCUT2D eigenvalue weighted by Gasteiger charge is -2.19. The first-order valence-electron chi connectivity index (χ1n) is 11.0. The van der Waals surface area contributed by atoms with Crippen LogP contribution in [0.2, 0.25) is 0 Å². The zero-order valence-corrected chi connectivity index (χ0v) is 18.5. The summed E-state index contributed by atoms with van der Waals surface area (Å²) in [7, 11) is 1.96. The van der Waals surface area contributed by atoms with Gasteiger partial charge in [0.2, 0.25) is 0 Å². The van der Waals surface area contributed by atoms with Gasteiger partial charge in [0.15, 0.2) is 11.6 Å². The number of rotatable bonds is 6. The molecule has 0 N–H and O–H groups in total. The summed E-state index contributed by atoms with van der Waals surface area (Å²) in [6.07, 6.45) is 5.54. The van der Waals surface area contributed by atoms with Gasteiger partial charge in [0.1, 0.15) is 5.82 Å². The molecule has 1 saturated carbocycles. The fourth-order valence-electron chi connectivity index (χ4n) is 4.37. The van der Waals surface area contributed by atoms with Crippen molar-refractivity contribution < 1.29 is 4.52 Å². The van der Waals surface area contributed by atoms with E-state index in [4.69, 9.17) is 14.5 Å². The predicted octanol–water partition coefficient (Wildman–Crippen LogP) is 3.46. The van der Waals surface area contributed by atoms with E-state index in [1.807, 2.05) is 59.8 Å². The van der Waals surface area contributed by atoms with Crippen molar-refractivity contribution in [2.75, 3.05) is 11.9 Å². The highest BCUT2D eigenvalue weighted by Gasteiger charge is 2.29. The van der Waals surface area contributed by atoms with Crippen molar-refractivity contribution >= 4 is 27.8 Å². The highest BCUT2D eigenvalue weighted by Crippen LogP contribution is 2.36. The van der Waals surface area contributed by atoms with E-state index in [1.54, 1.807) is 17.0 Å². The smallest absolute Gasteiger partial charge is 0.329 e. The van der Waals surface area contributed by atoms with Gasteiger partial charge in [-0.05, 0) is 38.0 Å². The van der Waals surface area contributed by atoms with Gasteiger partial charge in [-0.15, -0.1) is 0 Å². The molecule has 9 nitrogen and oxygen atoms in total. The van der Waals surface area contributed by atoms with Crippen LogP contribution in [0.5, 0.6) is 0 Å². The molecule has 33 heavy (non-hydrogen) atoms. The molecule has 0 aliphatic heterocycles. The van der Waals surface area contributed by atoms with Crippen LogP contribution in [0.15, 0.2) is 58.1 Å². The van der Waals surface area contributed by atoms with Crippen molar-refractivity contribution in [3.05, 3.63) is 76.6 Å². The van der Waals surface area contributed by atoms with Crippen LogP contribution in [0, 0.1) is 6.92 Å². The number of aromatic nitrogens is 6. The van der Waals surface area contributed by atoms with E-state index in [0.29, 0.717) is 12.4 Å². The van der Waals surface area contributed by atoms with Gasteiger partial charge in [0, 0.05) is 30.7 Å². The van der Waals surface area contributed by atoms with Crippen LogP contribution in [0.3, 0.4) is 0 Å². The standard InChI is InChI=1S/C24H23N7O2/c1-15-11-17(33-28-15)13-29(2)23-18-5-3-4-6-19(18)26-22(27-23)14-30-21-12-25-10-9-20(21)31(24(30)32)16-7-8-16/h3-6,9-12,16H,7-8,13-14H2,1-2H3. The Morgan fingerprint density at radius 1 is 1.15 bits per heavy atom. The third kappa shape index (κ3) is 3.45. The van der Waals surface area contributed by atoms with Gasteiger partial charge in [-0.3, -0.25) is 14.1 Å². The SMILES string of the molecule is Cc1cc(CN(C)c2nc(Cn3c(=O)n(C4CC4)c4ccncc43)nc3ccccc23)on1. The minimum atomic E-state index is -0.0377. The second-order valence-corrected chi connectivity index (χ2v) is 8.61. The van der Waals surface area contributed by atoms with Crippen LogP contribution in [0.1, 0.15) is 36.2 Å². The number of fused-ring (bicyclic) bond motifs is 2. The first-order valence-corrected chi connectivity index (χ1v) is 11.0. The Balaban J connectivity index is 1.44. The summed E-state index contributed by atoms with van der Waals surface area (Å²) in [6, 6.07) is 12.0. The molecule has 0 atom stereocenters. The number of nitrogens with zero attached hydrogens (tertiary/aromatic N) is 7. The minimum Gasteiger partial charge on any atom is -0.359 e. The van der Waals surface area contributed by atoms with Gasteiger partial charge in [-0.1, -0.05) is 17.3 Å². The lowest BCUT2D eigenvalue weighted by Crippen LogP contribution is -2.25. The summed E-state index contributed by atoms with van der Waals surface area (Å²) in [5, 5.41) is 4.92. The van der Waals surface area contributed by atoms with E-state index < -0.39 is 0 Å². The van der Waals surface area contributed by atoms with Gasteiger partial charge in [-0.25, -0.2) is 14.8 Å². The van der Waals surface area contributed by atoms with Crippen molar-refractivity contribution in [2.45, 2.75) is 38.9 Å². The highest BCUT2D eigenvalue weighted by molar-refractivity contribution is 5.89. The van der Waals surface area contributed by atoms with Crippen LogP contribution >= 0.6 is 0 Å². The molecule has 1 fully saturated rings. The van der Waals surface area contributed by atoms with E-state index in [2.05, 4.69) is 10.1 Å². The van der Waals surface area contributed by atoms with Gasteiger partial charge in [0.25, 0.3) is 0 Å². The van der Waals surface area contributed by atoms with Crippen LogP contribution in [-0.2, 0) is 13.1 Å². The van der Waals surface area contributed by atoms with Crippen molar-refractivity contribution in [1.82, 2.24) is 29.2 Å². The lowest BCUT2D eigenvalue weighted by atomic mass is 10.2. The van der Waals surface area contributed by atoms with Crippen molar-refractivity contribution in [2.24, 2.45) is 0 Å². The summed E-state index contributed by atoms with van der Waals surface area (Å²) in [4.78, 5) is 29.2. The number of pyridine rings is 1. The molecule has 4 aromatic heterocycles. The summed E-state index contributed by atoms with van der Waals surface area (Å²) in [5.41, 5.74) is 3.35. The average molecular weight is 441 g/mol. The van der Waals surface area contributed by atoms with Crippen LogP contribution in [0.4, 0.5) is 5.82 Å². The Bertz CT molecular complexity index is 1540. The number of anilines is 1. The van der Waals surface area contributed by atoms with E-state index in [0.717, 1.165) is 52.1 Å². The molecule has 0 bridgehead atoms. The van der Waals surface area contributed by atoms with Gasteiger partial charge >= 0.3 is 5.69 Å². The van der Waals surface area contributed by atoms with Crippen LogP contribution in [0.25, 0.3) is 21.9 Å². The molecular formula is C24H23N7O2. The molecule has 5 aromatic rings. The van der Waals surface area contributed by atoms with E-state index in [-0.39, 0.29) is 18.3 Å². The van der Waals surface area contributed by atoms with Gasteiger partial charge in [-0.2, -0.15) is 0 Å². The van der Waals surface area contributed by atoms with Crippen molar-refractivity contribution in [1.29, 1.82) is 0 Å². The zero-order valence-electron chi connectivity index (χ0n) is 18.5. The first-order chi connectivity index (χ1) is 16.1. The molecule has 9 heteroatoms. The topological polar surface area (TPSA) is 94.9 Å². The fraction of sp³-hybridized carbons (Fsp3) is 0.292. The highest BCUT2D eigenvalue weighted by atomic mass is 16.5. The second-order valence-electron chi connectivity index (χ2n) is 8.61. The molecule has 0 spiro atoms. The fourth-order valence-corrected chi connectivity index (χ4v) is 4.37. The molecule has 4 heterocycles. The summed E-state index contributed by atoms with van der Waals surface area (Å²) in [6.45, 7) is 2.69. The molecule has 1 aromatic carbocycles. The third-order valence-corrected chi connectivity index (χ3v) is 6.04. The number of para-hydroxylation sites is 1. The lowest BCUT2D eigenvalue weighted by molar-refractivity contribution is 0.379. The van der Waals surface area contributed by atoms with Crippen molar-refractivity contribution in [3.8, 4) is 0 Å². The van der Waals surface area contributed by atoms with E-state index in [1.165, 1.54) is 0 Å². The quantitative estimate of drug-likeness (QED) is 0.398. The maximum Gasteiger partial charge on any atom is 0.329 e. The molecular weight excluding hydrogens is 418 g/mol. The summed E-state index contributed by atoms with van der Waals surface area (Å²) >= 11 is 0. The minimum absolute atomic E-state index is 0.0377. The maximum absolute atomic E-state index is 13.3. The molecule has 0 unspecified atom stereocenters. The molecule has 0 saturated heterocycles. The molecule has 1 aliphatic rings. The molecule has 1 aliphatic carbocycles. The summed E-state index contributed by atoms with van der Waals surface area (Å²) < 4.78 is 9.02. The Labute approximate surface area is 189 Å². The Morgan fingerprint density at radius 3 is 2.79 bits per heavy atom. The number of hydrogen-bond donors (Lipinski definition) is 0. The van der Waals surface area contributed by atoms with Crippen LogP contribution < -0.4 is 10.6 Å². The number of imidazole rings is 1. The number of hydrogen-bond acceptors (Lipinski definition) is 7. The van der Waals surface area contributed by atoms with E-state index >= 15 is 0 Å². The van der Waals surface area contributed by atoms with Gasteiger partial charge < -0.3 is 9.42 Å². The zero-order chi connectivity index (χ0) is 22.5. The molecule has 0 radical (unpaired) electrons. The van der Waals surface area contributed by atoms with Crippen molar-refractivity contribution in [3.63, 3.8) is 0 Å². The van der Waals surface area contributed by atoms with E-state index in [9.17, 15) is 4.79 Å². The summed E-state index contributed by atoms with van der Waals surface area (Å²) in [5.74, 6) is 2.11. The Morgan fingerprint density at radius 2 is 2.00 bits per heavy atom. The van der Waals surface area contributed by atoms with Crippen LogP contribution in [-0.4, -0.2) is 36.3 Å². The third-order valence-electron chi connectivity index (χ3n) is 6.04. The second kappa shape index (κ2) is 7.54. The first kappa shape index (κ1) is 19.7. The Hall–Kier alpha value is -4.01. The molecule has 166 valence electrons. The monoisotopic (exact) mass is 441 g/mol. The van der Waals surface area contributed by atoms with Gasteiger partial charge in [0.05, 0.1) is 41.5 Å². The number of aryl methyl sites for hydroxylation is 1.